The molecule has 6 heteroatoms. The molecule has 0 aliphatic carbocycles. The Morgan fingerprint density at radius 3 is 3.07 bits per heavy atom. The molecule has 0 saturated carbocycles. The maximum atomic E-state index is 11.8. The molecular weight excluding hydrogens is 198 g/mol. The molecule has 0 spiro atoms. The number of hydrogen-bond donors (Lipinski definition) is 2. The van der Waals surface area contributed by atoms with Crippen LogP contribution in [-0.4, -0.2) is 28.9 Å². The van der Waals surface area contributed by atoms with Crippen molar-refractivity contribution in [3.63, 3.8) is 0 Å². The first-order valence-electron chi connectivity index (χ1n) is 4.85. The van der Waals surface area contributed by atoms with Crippen LogP contribution in [-0.2, 0) is 11.3 Å². The van der Waals surface area contributed by atoms with Crippen LogP contribution >= 0.6 is 0 Å². The molecule has 82 valence electrons. The number of ether oxygens (including phenoxy) is 1. The highest BCUT2D eigenvalue weighted by molar-refractivity contribution is 5.80. The maximum Gasteiger partial charge on any atom is 0.273 e. The van der Waals surface area contributed by atoms with Gasteiger partial charge in [-0.3, -0.25) is 14.7 Å². The number of nitrogens with one attached hydrogen (secondary N) is 1. The van der Waals surface area contributed by atoms with Gasteiger partial charge < -0.3 is 10.5 Å². The first-order chi connectivity index (χ1) is 7.22. The van der Waals surface area contributed by atoms with Crippen molar-refractivity contribution in [3.05, 3.63) is 22.1 Å². The van der Waals surface area contributed by atoms with Gasteiger partial charge in [0.1, 0.15) is 0 Å². The molecule has 15 heavy (non-hydrogen) atoms. The predicted octanol–water partition coefficient (Wildman–Crippen LogP) is -0.688. The minimum Gasteiger partial charge on any atom is -0.381 e. The van der Waals surface area contributed by atoms with Crippen LogP contribution in [0.1, 0.15) is 16.9 Å². The zero-order chi connectivity index (χ0) is 10.8. The van der Waals surface area contributed by atoms with E-state index >= 15 is 0 Å². The highest BCUT2D eigenvalue weighted by Gasteiger charge is 2.26. The Bertz CT molecular complexity index is 414. The molecule has 6 nitrogen and oxygen atoms in total. The Labute approximate surface area is 86.0 Å². The fourth-order valence-corrected chi connectivity index (χ4v) is 1.62. The maximum absolute atomic E-state index is 11.8. The van der Waals surface area contributed by atoms with E-state index in [0.717, 1.165) is 4.68 Å². The standard InChI is InChI=1S/C9H13N3O3/c10-4-7-3-8(13)12(11-7)9(14)6-1-2-15-5-6/h3,6,11H,1-2,4-5,10H2. The first-order valence-corrected chi connectivity index (χ1v) is 4.85. The summed E-state index contributed by atoms with van der Waals surface area (Å²) >= 11 is 0. The minimum absolute atomic E-state index is 0.216. The molecule has 1 atom stereocenters. The van der Waals surface area contributed by atoms with Gasteiger partial charge in [-0.1, -0.05) is 0 Å². The van der Waals surface area contributed by atoms with E-state index in [1.165, 1.54) is 6.07 Å². The van der Waals surface area contributed by atoms with E-state index in [4.69, 9.17) is 10.5 Å². The van der Waals surface area contributed by atoms with Crippen LogP contribution < -0.4 is 11.3 Å². The van der Waals surface area contributed by atoms with E-state index in [1.807, 2.05) is 0 Å². The Balaban J connectivity index is 2.24. The lowest BCUT2D eigenvalue weighted by Crippen LogP contribution is -2.30. The molecular formula is C9H13N3O3. The average Bonchev–Trinajstić information content (AvgIpc) is 2.85. The van der Waals surface area contributed by atoms with E-state index in [1.54, 1.807) is 0 Å². The fraction of sp³-hybridized carbons (Fsp3) is 0.556. The monoisotopic (exact) mass is 211 g/mol. The summed E-state index contributed by atoms with van der Waals surface area (Å²) in [5.74, 6) is -0.454. The molecule has 0 amide bonds. The van der Waals surface area contributed by atoms with Crippen molar-refractivity contribution in [2.45, 2.75) is 13.0 Å². The summed E-state index contributed by atoms with van der Waals surface area (Å²) in [7, 11) is 0. The van der Waals surface area contributed by atoms with E-state index < -0.39 is 0 Å². The number of carbonyl (C=O) groups is 1. The van der Waals surface area contributed by atoms with E-state index in [2.05, 4.69) is 5.10 Å². The predicted molar refractivity (Wildman–Crippen MR) is 52.5 cm³/mol. The lowest BCUT2D eigenvalue weighted by atomic mass is 10.1. The molecule has 1 aromatic heterocycles. The van der Waals surface area contributed by atoms with Gasteiger partial charge in [-0.25, -0.2) is 0 Å². The van der Waals surface area contributed by atoms with Crippen molar-refractivity contribution in [1.29, 1.82) is 0 Å². The van der Waals surface area contributed by atoms with Crippen LogP contribution in [0.2, 0.25) is 0 Å². The Kier molecular flexibility index (Phi) is 2.70. The van der Waals surface area contributed by atoms with E-state index in [-0.39, 0.29) is 23.9 Å². The van der Waals surface area contributed by atoms with Gasteiger partial charge >= 0.3 is 0 Å². The topological polar surface area (TPSA) is 90.1 Å². The molecule has 2 rings (SSSR count). The fourth-order valence-electron chi connectivity index (χ4n) is 1.62. The summed E-state index contributed by atoms with van der Waals surface area (Å²) in [6, 6.07) is 1.34. The van der Waals surface area contributed by atoms with Gasteiger partial charge in [0.05, 0.1) is 18.2 Å². The third-order valence-corrected chi connectivity index (χ3v) is 2.49. The number of aromatic amines is 1. The van der Waals surface area contributed by atoms with Crippen molar-refractivity contribution < 1.29 is 9.53 Å². The van der Waals surface area contributed by atoms with Crippen LogP contribution in [0, 0.1) is 5.92 Å². The SMILES string of the molecule is NCc1cc(=O)n(C(=O)C2CCOC2)[nH]1. The number of hydrogen-bond acceptors (Lipinski definition) is 4. The number of aromatic nitrogens is 2. The summed E-state index contributed by atoms with van der Waals surface area (Å²) in [5.41, 5.74) is 5.57. The van der Waals surface area contributed by atoms with Crippen molar-refractivity contribution in [2.75, 3.05) is 13.2 Å². The molecule has 1 aliphatic heterocycles. The summed E-state index contributed by atoms with van der Waals surface area (Å²) in [5, 5.41) is 2.68. The van der Waals surface area contributed by atoms with Crippen LogP contribution in [0.15, 0.2) is 10.9 Å². The summed E-state index contributed by atoms with van der Waals surface area (Å²) < 4.78 is 6.11. The summed E-state index contributed by atoms with van der Waals surface area (Å²) in [6.07, 6.45) is 0.669. The Morgan fingerprint density at radius 1 is 1.73 bits per heavy atom. The zero-order valence-corrected chi connectivity index (χ0v) is 8.23. The van der Waals surface area contributed by atoms with Crippen molar-refractivity contribution in [3.8, 4) is 0 Å². The minimum atomic E-state index is -0.354. The van der Waals surface area contributed by atoms with E-state index in [9.17, 15) is 9.59 Å². The number of carbonyl (C=O) groups excluding carboxylic acids is 1. The lowest BCUT2D eigenvalue weighted by Gasteiger charge is -2.05. The van der Waals surface area contributed by atoms with Crippen LogP contribution in [0.3, 0.4) is 0 Å². The Morgan fingerprint density at radius 2 is 2.53 bits per heavy atom. The molecule has 1 aliphatic rings. The normalized spacial score (nSPS) is 20.7. The first kappa shape index (κ1) is 10.1. The highest BCUT2D eigenvalue weighted by atomic mass is 16.5. The number of nitrogens with two attached hydrogens (primary N) is 1. The molecule has 1 aromatic rings. The van der Waals surface area contributed by atoms with Gasteiger partial charge in [0.2, 0.25) is 0 Å². The molecule has 1 saturated heterocycles. The van der Waals surface area contributed by atoms with Crippen molar-refractivity contribution in [2.24, 2.45) is 11.7 Å². The van der Waals surface area contributed by atoms with Gasteiger partial charge in [-0.2, -0.15) is 4.68 Å². The molecule has 0 radical (unpaired) electrons. The second kappa shape index (κ2) is 4.00. The summed E-state index contributed by atoms with van der Waals surface area (Å²) in [4.78, 5) is 23.2. The van der Waals surface area contributed by atoms with Gasteiger partial charge in [0.15, 0.2) is 0 Å². The number of rotatable bonds is 2. The molecule has 0 bridgehead atoms. The van der Waals surface area contributed by atoms with Gasteiger partial charge in [-0.15, -0.1) is 0 Å². The van der Waals surface area contributed by atoms with Crippen LogP contribution in [0.25, 0.3) is 0 Å². The molecule has 1 fully saturated rings. The van der Waals surface area contributed by atoms with Crippen LogP contribution in [0.5, 0.6) is 0 Å². The lowest BCUT2D eigenvalue weighted by molar-refractivity contribution is 0.0793. The number of nitrogens with zero attached hydrogens (tertiary/aromatic N) is 1. The van der Waals surface area contributed by atoms with E-state index in [0.29, 0.717) is 25.3 Å². The zero-order valence-electron chi connectivity index (χ0n) is 8.23. The molecule has 3 N–H and O–H groups in total. The second-order valence-electron chi connectivity index (χ2n) is 3.56. The van der Waals surface area contributed by atoms with Gasteiger partial charge in [0.25, 0.3) is 11.5 Å². The summed E-state index contributed by atoms with van der Waals surface area (Å²) in [6.45, 7) is 1.19. The second-order valence-corrected chi connectivity index (χ2v) is 3.56. The molecule has 1 unspecified atom stereocenters. The third-order valence-electron chi connectivity index (χ3n) is 2.49. The quantitative estimate of drug-likeness (QED) is 0.677. The van der Waals surface area contributed by atoms with Crippen molar-refractivity contribution >= 4 is 5.91 Å². The van der Waals surface area contributed by atoms with Gasteiger partial charge in [0, 0.05) is 19.2 Å². The van der Waals surface area contributed by atoms with Crippen molar-refractivity contribution in [1.82, 2.24) is 9.78 Å². The average molecular weight is 211 g/mol. The van der Waals surface area contributed by atoms with Crippen LogP contribution in [0.4, 0.5) is 0 Å². The Hall–Kier alpha value is -1.40. The molecule has 2 heterocycles. The highest BCUT2D eigenvalue weighted by Crippen LogP contribution is 2.13. The molecule has 0 aromatic carbocycles. The smallest absolute Gasteiger partial charge is 0.273 e. The number of H-pyrrole nitrogens is 1. The third kappa shape index (κ3) is 1.86. The van der Waals surface area contributed by atoms with Gasteiger partial charge in [-0.05, 0) is 6.42 Å². The largest absolute Gasteiger partial charge is 0.381 e.